The molecule has 24 heavy (non-hydrogen) atoms. The maximum Gasteiger partial charge on any atom is 0.253 e. The molecule has 0 aromatic heterocycles. The summed E-state index contributed by atoms with van der Waals surface area (Å²) in [6, 6.07) is 17.5. The van der Waals surface area contributed by atoms with E-state index in [2.05, 4.69) is 0 Å². The number of benzene rings is 2. The summed E-state index contributed by atoms with van der Waals surface area (Å²) in [6.07, 6.45) is 1.57. The monoisotopic (exact) mass is 322 g/mol. The van der Waals surface area contributed by atoms with Crippen molar-refractivity contribution in [2.24, 2.45) is 0 Å². The van der Waals surface area contributed by atoms with Crippen molar-refractivity contribution in [1.82, 2.24) is 9.80 Å². The molecule has 1 saturated heterocycles. The molecule has 2 aromatic rings. The highest BCUT2D eigenvalue weighted by molar-refractivity contribution is 5.94. The molecule has 3 rings (SSSR count). The molecule has 4 nitrogen and oxygen atoms in total. The minimum absolute atomic E-state index is 0.00606. The number of carbonyl (C=O) groups excluding carboxylic acids is 2. The molecule has 0 aliphatic carbocycles. The van der Waals surface area contributed by atoms with Crippen LogP contribution in [0, 0.1) is 0 Å². The van der Waals surface area contributed by atoms with Gasteiger partial charge < -0.3 is 9.80 Å². The van der Waals surface area contributed by atoms with Crippen molar-refractivity contribution >= 4 is 11.8 Å². The second kappa shape index (κ2) is 7.30. The largest absolute Gasteiger partial charge is 0.338 e. The third-order valence-corrected chi connectivity index (χ3v) is 4.33. The summed E-state index contributed by atoms with van der Waals surface area (Å²) in [5, 5.41) is 0. The Kier molecular flexibility index (Phi) is 4.94. The zero-order valence-corrected chi connectivity index (χ0v) is 13.9. The van der Waals surface area contributed by atoms with Gasteiger partial charge in [-0.1, -0.05) is 42.5 Å². The van der Waals surface area contributed by atoms with Crippen LogP contribution in [0.25, 0.3) is 0 Å². The maximum absolute atomic E-state index is 12.6. The summed E-state index contributed by atoms with van der Waals surface area (Å²) >= 11 is 0. The van der Waals surface area contributed by atoms with E-state index in [0.717, 1.165) is 24.1 Å². The zero-order chi connectivity index (χ0) is 16.9. The van der Waals surface area contributed by atoms with Crippen LogP contribution in [0.15, 0.2) is 54.6 Å². The summed E-state index contributed by atoms with van der Waals surface area (Å²) in [6.45, 7) is 1.97. The number of nitrogens with zero attached hydrogens (tertiary/aromatic N) is 2. The lowest BCUT2D eigenvalue weighted by atomic mass is 10.1. The van der Waals surface area contributed by atoms with Crippen molar-refractivity contribution in [2.75, 3.05) is 13.6 Å². The van der Waals surface area contributed by atoms with E-state index < -0.39 is 0 Å². The van der Waals surface area contributed by atoms with Crippen LogP contribution >= 0.6 is 0 Å². The Hall–Kier alpha value is -2.62. The van der Waals surface area contributed by atoms with Gasteiger partial charge in [-0.15, -0.1) is 0 Å². The van der Waals surface area contributed by atoms with Crippen LogP contribution in [0.3, 0.4) is 0 Å². The molecule has 1 aliphatic rings. The van der Waals surface area contributed by atoms with Gasteiger partial charge in [0.1, 0.15) is 0 Å². The smallest absolute Gasteiger partial charge is 0.253 e. The van der Waals surface area contributed by atoms with E-state index in [1.807, 2.05) is 66.5 Å². The molecule has 0 spiro atoms. The molecule has 2 aromatic carbocycles. The minimum atomic E-state index is -0.00606. The summed E-state index contributed by atoms with van der Waals surface area (Å²) in [5.74, 6) is 0.196. The van der Waals surface area contributed by atoms with Crippen molar-refractivity contribution in [3.8, 4) is 0 Å². The standard InChI is InChI=1S/C20H22N2O2/c1-21(14-16-7-3-2-4-8-16)20(24)18-10-5-9-17(13-18)15-22-12-6-11-19(22)23/h2-5,7-10,13H,6,11-12,14-15H2,1H3. The number of hydrogen-bond donors (Lipinski definition) is 0. The molecular formula is C20H22N2O2. The van der Waals surface area contributed by atoms with Crippen LogP contribution in [-0.4, -0.2) is 35.2 Å². The minimum Gasteiger partial charge on any atom is -0.338 e. The van der Waals surface area contributed by atoms with E-state index in [4.69, 9.17) is 0 Å². The predicted molar refractivity (Wildman–Crippen MR) is 93.3 cm³/mol. The van der Waals surface area contributed by atoms with Crippen molar-refractivity contribution in [1.29, 1.82) is 0 Å². The third-order valence-electron chi connectivity index (χ3n) is 4.33. The highest BCUT2D eigenvalue weighted by atomic mass is 16.2. The normalized spacial score (nSPS) is 14.0. The maximum atomic E-state index is 12.6. The Labute approximate surface area is 142 Å². The number of amides is 2. The average Bonchev–Trinajstić information content (AvgIpc) is 3.00. The molecule has 1 heterocycles. The van der Waals surface area contributed by atoms with Gasteiger partial charge in [0.15, 0.2) is 0 Å². The fourth-order valence-corrected chi connectivity index (χ4v) is 3.04. The molecule has 2 amide bonds. The Morgan fingerprint density at radius 3 is 2.54 bits per heavy atom. The molecule has 0 unspecified atom stereocenters. The number of hydrogen-bond acceptors (Lipinski definition) is 2. The van der Waals surface area contributed by atoms with Crippen molar-refractivity contribution < 1.29 is 9.59 Å². The first kappa shape index (κ1) is 16.2. The van der Waals surface area contributed by atoms with Crippen LogP contribution in [0.2, 0.25) is 0 Å². The molecule has 0 N–H and O–H groups in total. The third kappa shape index (κ3) is 3.82. The average molecular weight is 322 g/mol. The van der Waals surface area contributed by atoms with E-state index >= 15 is 0 Å². The molecule has 4 heteroatoms. The van der Waals surface area contributed by atoms with Gasteiger partial charge in [0.2, 0.25) is 5.91 Å². The molecular weight excluding hydrogens is 300 g/mol. The Morgan fingerprint density at radius 2 is 1.83 bits per heavy atom. The van der Waals surface area contributed by atoms with Crippen molar-refractivity contribution in [2.45, 2.75) is 25.9 Å². The summed E-state index contributed by atoms with van der Waals surface area (Å²) < 4.78 is 0. The van der Waals surface area contributed by atoms with E-state index in [-0.39, 0.29) is 11.8 Å². The molecule has 0 radical (unpaired) electrons. The topological polar surface area (TPSA) is 40.6 Å². The highest BCUT2D eigenvalue weighted by Crippen LogP contribution is 2.16. The van der Waals surface area contributed by atoms with Gasteiger partial charge in [0.25, 0.3) is 5.91 Å². The van der Waals surface area contributed by atoms with Crippen LogP contribution in [-0.2, 0) is 17.9 Å². The number of likely N-dealkylation sites (tertiary alicyclic amines) is 1. The van der Waals surface area contributed by atoms with Crippen LogP contribution in [0.1, 0.15) is 34.3 Å². The fraction of sp³-hybridized carbons (Fsp3) is 0.300. The van der Waals surface area contributed by atoms with Gasteiger partial charge in [0.05, 0.1) is 0 Å². The number of rotatable bonds is 5. The van der Waals surface area contributed by atoms with Gasteiger partial charge in [-0.25, -0.2) is 0 Å². The SMILES string of the molecule is CN(Cc1ccccc1)C(=O)c1cccc(CN2CCCC2=O)c1. The van der Waals surface area contributed by atoms with E-state index in [9.17, 15) is 9.59 Å². The van der Waals surface area contributed by atoms with E-state index in [1.165, 1.54) is 0 Å². The molecule has 0 atom stereocenters. The van der Waals surface area contributed by atoms with Crippen LogP contribution in [0.4, 0.5) is 0 Å². The highest BCUT2D eigenvalue weighted by Gasteiger charge is 2.20. The number of carbonyl (C=O) groups is 2. The Morgan fingerprint density at radius 1 is 1.08 bits per heavy atom. The van der Waals surface area contributed by atoms with Crippen molar-refractivity contribution in [3.63, 3.8) is 0 Å². The van der Waals surface area contributed by atoms with E-state index in [1.54, 1.807) is 4.90 Å². The van der Waals surface area contributed by atoms with Crippen LogP contribution in [0.5, 0.6) is 0 Å². The summed E-state index contributed by atoms with van der Waals surface area (Å²) in [4.78, 5) is 28.0. The second-order valence-corrected chi connectivity index (χ2v) is 6.27. The lowest BCUT2D eigenvalue weighted by molar-refractivity contribution is -0.128. The van der Waals surface area contributed by atoms with Crippen molar-refractivity contribution in [3.05, 3.63) is 71.3 Å². The Balaban J connectivity index is 1.68. The lowest BCUT2D eigenvalue weighted by Crippen LogP contribution is -2.27. The van der Waals surface area contributed by atoms with Gasteiger partial charge in [-0.2, -0.15) is 0 Å². The van der Waals surface area contributed by atoms with Gasteiger partial charge in [-0.3, -0.25) is 9.59 Å². The first-order valence-corrected chi connectivity index (χ1v) is 8.29. The fourth-order valence-electron chi connectivity index (χ4n) is 3.04. The summed E-state index contributed by atoms with van der Waals surface area (Å²) in [7, 11) is 1.81. The second-order valence-electron chi connectivity index (χ2n) is 6.27. The van der Waals surface area contributed by atoms with Gasteiger partial charge in [0, 0.05) is 38.7 Å². The first-order chi connectivity index (χ1) is 11.6. The van der Waals surface area contributed by atoms with E-state index in [0.29, 0.717) is 25.1 Å². The molecule has 124 valence electrons. The molecule has 1 aliphatic heterocycles. The molecule has 1 fully saturated rings. The predicted octanol–water partition coefficient (Wildman–Crippen LogP) is 3.08. The first-order valence-electron chi connectivity index (χ1n) is 8.29. The quantitative estimate of drug-likeness (QED) is 0.849. The molecule has 0 bridgehead atoms. The molecule has 0 saturated carbocycles. The lowest BCUT2D eigenvalue weighted by Gasteiger charge is -2.19. The van der Waals surface area contributed by atoms with Crippen LogP contribution < -0.4 is 0 Å². The van der Waals surface area contributed by atoms with Gasteiger partial charge >= 0.3 is 0 Å². The van der Waals surface area contributed by atoms with Gasteiger partial charge in [-0.05, 0) is 29.7 Å². The Bertz CT molecular complexity index is 727. The summed E-state index contributed by atoms with van der Waals surface area (Å²) in [5.41, 5.74) is 2.77. The zero-order valence-electron chi connectivity index (χ0n) is 13.9.